The van der Waals surface area contributed by atoms with E-state index in [2.05, 4.69) is 9.97 Å². The third-order valence-corrected chi connectivity index (χ3v) is 4.33. The van der Waals surface area contributed by atoms with Crippen LogP contribution in [0.25, 0.3) is 0 Å². The molecule has 1 fully saturated rings. The van der Waals surface area contributed by atoms with Crippen LogP contribution in [0.1, 0.15) is 25.7 Å². The second-order valence-electron chi connectivity index (χ2n) is 5.92. The average Bonchev–Trinajstić information content (AvgIpc) is 2.90. The molecular weight excluding hydrogens is 306 g/mol. The zero-order chi connectivity index (χ0) is 16.9. The van der Waals surface area contributed by atoms with Crippen LogP contribution in [0.5, 0.6) is 0 Å². The van der Waals surface area contributed by atoms with Gasteiger partial charge in [0.05, 0.1) is 4.92 Å². The number of rotatable bonds is 4. The van der Waals surface area contributed by atoms with Crippen LogP contribution < -0.4 is 9.80 Å². The molecule has 7 heteroatoms. The molecule has 7 nitrogen and oxygen atoms in total. The molecule has 2 heterocycles. The molecule has 0 amide bonds. The van der Waals surface area contributed by atoms with E-state index in [1.165, 1.54) is 6.33 Å². The SMILES string of the molecule is CN(c1ccccc1)c1ncnc(N2CCCCCC2)c1[N+](=O)[O-]. The average molecular weight is 327 g/mol. The number of para-hydroxylation sites is 1. The summed E-state index contributed by atoms with van der Waals surface area (Å²) in [6, 6.07) is 9.51. The van der Waals surface area contributed by atoms with Gasteiger partial charge in [-0.3, -0.25) is 10.1 Å². The fourth-order valence-electron chi connectivity index (χ4n) is 3.06. The number of benzene rings is 1. The van der Waals surface area contributed by atoms with Crippen molar-refractivity contribution in [3.05, 3.63) is 46.8 Å². The van der Waals surface area contributed by atoms with Gasteiger partial charge in [-0.15, -0.1) is 0 Å². The number of aromatic nitrogens is 2. The Morgan fingerprint density at radius 2 is 1.75 bits per heavy atom. The first-order chi connectivity index (χ1) is 11.7. The lowest BCUT2D eigenvalue weighted by molar-refractivity contribution is -0.383. The van der Waals surface area contributed by atoms with E-state index in [1.54, 1.807) is 11.9 Å². The highest BCUT2D eigenvalue weighted by molar-refractivity contribution is 5.75. The van der Waals surface area contributed by atoms with Crippen LogP contribution in [-0.2, 0) is 0 Å². The van der Waals surface area contributed by atoms with E-state index in [0.717, 1.165) is 44.5 Å². The maximum atomic E-state index is 11.8. The summed E-state index contributed by atoms with van der Waals surface area (Å²) in [5.74, 6) is 0.745. The maximum absolute atomic E-state index is 11.8. The summed E-state index contributed by atoms with van der Waals surface area (Å²) in [6.45, 7) is 1.60. The minimum absolute atomic E-state index is 0.0225. The normalized spacial score (nSPS) is 15.0. The largest absolute Gasteiger partial charge is 0.353 e. The molecule has 0 spiro atoms. The summed E-state index contributed by atoms with van der Waals surface area (Å²) in [5, 5.41) is 11.8. The number of hydrogen-bond donors (Lipinski definition) is 0. The third-order valence-electron chi connectivity index (χ3n) is 4.33. The molecule has 3 rings (SSSR count). The van der Waals surface area contributed by atoms with Crippen LogP contribution in [0.15, 0.2) is 36.7 Å². The van der Waals surface area contributed by atoms with Gasteiger partial charge in [0.1, 0.15) is 6.33 Å². The van der Waals surface area contributed by atoms with E-state index in [-0.39, 0.29) is 10.6 Å². The predicted molar refractivity (Wildman–Crippen MR) is 93.9 cm³/mol. The predicted octanol–water partition coefficient (Wildman–Crippen LogP) is 3.53. The van der Waals surface area contributed by atoms with Crippen molar-refractivity contribution in [1.82, 2.24) is 9.97 Å². The first-order valence-electron chi connectivity index (χ1n) is 8.21. The van der Waals surface area contributed by atoms with Crippen molar-refractivity contribution in [3.63, 3.8) is 0 Å². The highest BCUT2D eigenvalue weighted by atomic mass is 16.6. The second-order valence-corrected chi connectivity index (χ2v) is 5.92. The van der Waals surface area contributed by atoms with Gasteiger partial charge in [0, 0.05) is 25.8 Å². The van der Waals surface area contributed by atoms with Gasteiger partial charge in [0.2, 0.25) is 11.6 Å². The zero-order valence-electron chi connectivity index (χ0n) is 13.8. The summed E-state index contributed by atoms with van der Waals surface area (Å²) >= 11 is 0. The molecule has 0 saturated carbocycles. The number of anilines is 3. The number of nitrogens with zero attached hydrogens (tertiary/aromatic N) is 5. The van der Waals surface area contributed by atoms with Gasteiger partial charge >= 0.3 is 5.69 Å². The summed E-state index contributed by atoms with van der Waals surface area (Å²) < 4.78 is 0. The Morgan fingerprint density at radius 1 is 1.08 bits per heavy atom. The zero-order valence-corrected chi connectivity index (χ0v) is 13.8. The van der Waals surface area contributed by atoms with E-state index in [0.29, 0.717) is 11.6 Å². The Balaban J connectivity index is 2.03. The molecule has 24 heavy (non-hydrogen) atoms. The van der Waals surface area contributed by atoms with E-state index >= 15 is 0 Å². The van der Waals surface area contributed by atoms with Crippen LogP contribution in [0.3, 0.4) is 0 Å². The third kappa shape index (κ3) is 3.29. The lowest BCUT2D eigenvalue weighted by atomic mass is 10.2. The van der Waals surface area contributed by atoms with Crippen molar-refractivity contribution in [2.75, 3.05) is 29.9 Å². The number of hydrogen-bond acceptors (Lipinski definition) is 6. The monoisotopic (exact) mass is 327 g/mol. The van der Waals surface area contributed by atoms with Crippen LogP contribution >= 0.6 is 0 Å². The van der Waals surface area contributed by atoms with Crippen molar-refractivity contribution in [2.45, 2.75) is 25.7 Å². The molecule has 0 N–H and O–H groups in total. The molecule has 1 aromatic carbocycles. The minimum Gasteiger partial charge on any atom is -0.351 e. The quantitative estimate of drug-likeness (QED) is 0.631. The Labute approximate surface area is 141 Å². The van der Waals surface area contributed by atoms with Gasteiger partial charge in [-0.1, -0.05) is 31.0 Å². The summed E-state index contributed by atoms with van der Waals surface area (Å²) in [5.41, 5.74) is 0.826. The van der Waals surface area contributed by atoms with Gasteiger partial charge in [0.25, 0.3) is 0 Å². The van der Waals surface area contributed by atoms with Crippen molar-refractivity contribution >= 4 is 23.0 Å². The molecule has 1 aliphatic rings. The van der Waals surface area contributed by atoms with E-state index < -0.39 is 0 Å². The van der Waals surface area contributed by atoms with Crippen molar-refractivity contribution in [3.8, 4) is 0 Å². The van der Waals surface area contributed by atoms with Crippen molar-refractivity contribution in [2.24, 2.45) is 0 Å². The van der Waals surface area contributed by atoms with Gasteiger partial charge in [-0.25, -0.2) is 9.97 Å². The summed E-state index contributed by atoms with van der Waals surface area (Å²) in [6.07, 6.45) is 5.80. The summed E-state index contributed by atoms with van der Waals surface area (Å²) in [7, 11) is 1.79. The molecule has 126 valence electrons. The second kappa shape index (κ2) is 7.25. The Morgan fingerprint density at radius 3 is 2.38 bits per heavy atom. The van der Waals surface area contributed by atoms with E-state index in [1.807, 2.05) is 35.2 Å². The van der Waals surface area contributed by atoms with Gasteiger partial charge in [-0.05, 0) is 25.0 Å². The molecular formula is C17H21N5O2. The molecule has 0 atom stereocenters. The molecule has 2 aromatic rings. The fourth-order valence-corrected chi connectivity index (χ4v) is 3.06. The van der Waals surface area contributed by atoms with Crippen LogP contribution in [0.4, 0.5) is 23.0 Å². The highest BCUT2D eigenvalue weighted by Crippen LogP contribution is 2.37. The Kier molecular flexibility index (Phi) is 4.88. The van der Waals surface area contributed by atoms with Gasteiger partial charge in [-0.2, -0.15) is 0 Å². The number of nitro groups is 1. The van der Waals surface area contributed by atoms with Crippen molar-refractivity contribution in [1.29, 1.82) is 0 Å². The van der Waals surface area contributed by atoms with Gasteiger partial charge in [0.15, 0.2) is 0 Å². The molecule has 0 unspecified atom stereocenters. The lowest BCUT2D eigenvalue weighted by Crippen LogP contribution is -2.27. The Bertz CT molecular complexity index is 699. The molecule has 1 aliphatic heterocycles. The molecule has 0 aliphatic carbocycles. The lowest BCUT2D eigenvalue weighted by Gasteiger charge is -2.24. The highest BCUT2D eigenvalue weighted by Gasteiger charge is 2.29. The first kappa shape index (κ1) is 16.2. The van der Waals surface area contributed by atoms with E-state index in [9.17, 15) is 10.1 Å². The minimum atomic E-state index is -0.366. The molecule has 0 bridgehead atoms. The summed E-state index contributed by atoms with van der Waals surface area (Å²) in [4.78, 5) is 23.6. The van der Waals surface area contributed by atoms with Crippen LogP contribution in [-0.4, -0.2) is 35.0 Å². The first-order valence-corrected chi connectivity index (χ1v) is 8.21. The molecule has 1 saturated heterocycles. The smallest absolute Gasteiger partial charge is 0.351 e. The maximum Gasteiger partial charge on any atom is 0.353 e. The fraction of sp³-hybridized carbons (Fsp3) is 0.412. The Hall–Kier alpha value is -2.70. The van der Waals surface area contributed by atoms with Crippen LogP contribution in [0, 0.1) is 10.1 Å². The van der Waals surface area contributed by atoms with Gasteiger partial charge < -0.3 is 9.80 Å². The molecule has 1 aromatic heterocycles. The van der Waals surface area contributed by atoms with Crippen LogP contribution in [0.2, 0.25) is 0 Å². The van der Waals surface area contributed by atoms with Crippen molar-refractivity contribution < 1.29 is 4.92 Å². The van der Waals surface area contributed by atoms with E-state index in [4.69, 9.17) is 0 Å². The standard InChI is InChI=1S/C17H21N5O2/c1-20(14-9-5-4-6-10-14)16-15(22(23)24)17(19-13-18-16)21-11-7-2-3-8-12-21/h4-6,9-10,13H,2-3,7-8,11-12H2,1H3. The molecule has 0 radical (unpaired) electrons. The topological polar surface area (TPSA) is 75.4 Å².